The summed E-state index contributed by atoms with van der Waals surface area (Å²) < 4.78 is 24.1. The van der Waals surface area contributed by atoms with Crippen molar-refractivity contribution in [3.8, 4) is 0 Å². The molecular weight excluding hydrogens is 393 g/mol. The highest BCUT2D eigenvalue weighted by Gasteiger charge is 2.55. The first-order valence-electron chi connectivity index (χ1n) is 8.18. The van der Waals surface area contributed by atoms with Gasteiger partial charge in [0.2, 0.25) is 0 Å². The van der Waals surface area contributed by atoms with Crippen molar-refractivity contribution in [1.29, 1.82) is 0 Å². The second-order valence-electron chi connectivity index (χ2n) is 7.48. The minimum absolute atomic E-state index is 0.0300. The molecule has 1 saturated carbocycles. The number of halogens is 2. The Balaban J connectivity index is 2.53. The first kappa shape index (κ1) is 19.7. The predicted octanol–water partition coefficient (Wildman–Crippen LogP) is 5.18. The van der Waals surface area contributed by atoms with Crippen molar-refractivity contribution in [2.45, 2.75) is 63.9 Å². The highest BCUT2D eigenvalue weighted by atomic mass is 79.9. The molecule has 0 aromatic heterocycles. The fraction of sp³-hybridized carbons (Fsp3) is 0.611. The summed E-state index contributed by atoms with van der Waals surface area (Å²) in [7, 11) is 0. The van der Waals surface area contributed by atoms with Gasteiger partial charge in [0, 0.05) is 14.8 Å². The molecule has 0 radical (unpaired) electrons. The number of hydrogen-bond acceptors (Lipinski definition) is 4. The van der Waals surface area contributed by atoms with Crippen LogP contribution in [0, 0.1) is 11.7 Å². The first-order chi connectivity index (χ1) is 11.1. The average Bonchev–Trinajstić information content (AvgIpc) is 3.26. The maximum Gasteiger partial charge on any atom is 0.332 e. The second-order valence-corrected chi connectivity index (χ2v) is 10.0. The van der Waals surface area contributed by atoms with E-state index in [1.54, 1.807) is 12.1 Å². The number of hydrogen-bond donors (Lipinski definition) is 1. The largest absolute Gasteiger partial charge is 0.461 e. The highest BCUT2D eigenvalue weighted by molar-refractivity contribution is 9.10. The van der Waals surface area contributed by atoms with Gasteiger partial charge < -0.3 is 4.74 Å². The zero-order chi connectivity index (χ0) is 18.1. The fourth-order valence-corrected chi connectivity index (χ4v) is 3.72. The van der Waals surface area contributed by atoms with E-state index in [0.29, 0.717) is 5.56 Å². The Morgan fingerprint density at radius 1 is 1.38 bits per heavy atom. The molecule has 1 fully saturated rings. The van der Waals surface area contributed by atoms with Gasteiger partial charge in [0.1, 0.15) is 5.82 Å². The molecule has 1 unspecified atom stereocenters. The van der Waals surface area contributed by atoms with Crippen molar-refractivity contribution in [2.75, 3.05) is 0 Å². The van der Waals surface area contributed by atoms with Crippen LogP contribution >= 0.6 is 27.9 Å². The predicted molar refractivity (Wildman–Crippen MR) is 100 cm³/mol. The molecule has 0 aliphatic heterocycles. The number of carbonyl (C=O) groups is 1. The Morgan fingerprint density at radius 2 is 2.00 bits per heavy atom. The molecule has 6 heteroatoms. The van der Waals surface area contributed by atoms with Gasteiger partial charge in [-0.2, -0.15) is 0 Å². The molecule has 1 aliphatic rings. The third kappa shape index (κ3) is 4.52. The van der Waals surface area contributed by atoms with Gasteiger partial charge in [0.25, 0.3) is 0 Å². The summed E-state index contributed by atoms with van der Waals surface area (Å²) in [6, 6.07) is 4.72. The van der Waals surface area contributed by atoms with Gasteiger partial charge in [0.15, 0.2) is 5.54 Å². The van der Waals surface area contributed by atoms with Crippen molar-refractivity contribution in [3.63, 3.8) is 0 Å². The van der Waals surface area contributed by atoms with Gasteiger partial charge >= 0.3 is 5.97 Å². The minimum atomic E-state index is -1.17. The van der Waals surface area contributed by atoms with E-state index in [-0.39, 0.29) is 16.8 Å². The molecule has 2 rings (SSSR count). The molecule has 24 heavy (non-hydrogen) atoms. The molecule has 0 heterocycles. The Labute approximate surface area is 156 Å². The molecule has 134 valence electrons. The molecule has 1 N–H and O–H groups in total. The SMILES string of the molecule is CC(C)OC(=O)C(NSC(C)(C)C)(c1cc(Br)ccc1F)C1CC1. The molecule has 1 aliphatic carbocycles. The summed E-state index contributed by atoms with van der Waals surface area (Å²) in [6.45, 7) is 9.77. The second kappa shape index (κ2) is 7.34. The molecule has 3 nitrogen and oxygen atoms in total. The van der Waals surface area contributed by atoms with E-state index in [2.05, 4.69) is 20.7 Å². The molecular formula is C18H25BrFNO2S. The van der Waals surface area contributed by atoms with Gasteiger partial charge in [-0.05, 0) is 71.6 Å². The minimum Gasteiger partial charge on any atom is -0.461 e. The van der Waals surface area contributed by atoms with E-state index >= 15 is 0 Å². The molecule has 0 bridgehead atoms. The van der Waals surface area contributed by atoms with Gasteiger partial charge in [-0.1, -0.05) is 27.9 Å². The lowest BCUT2D eigenvalue weighted by Crippen LogP contribution is -2.51. The number of esters is 1. The Kier molecular flexibility index (Phi) is 6.03. The number of ether oxygens (including phenoxy) is 1. The maximum atomic E-state index is 14.7. The van der Waals surface area contributed by atoms with E-state index in [0.717, 1.165) is 17.3 Å². The van der Waals surface area contributed by atoms with E-state index in [1.165, 1.54) is 18.0 Å². The first-order valence-corrected chi connectivity index (χ1v) is 9.79. The Hall–Kier alpha value is -0.590. The molecule has 1 aromatic rings. The Morgan fingerprint density at radius 3 is 2.50 bits per heavy atom. The summed E-state index contributed by atoms with van der Waals surface area (Å²) in [4.78, 5) is 13.1. The van der Waals surface area contributed by atoms with Crippen LogP contribution in [-0.2, 0) is 15.1 Å². The van der Waals surface area contributed by atoms with E-state index in [1.807, 2.05) is 34.6 Å². The maximum absolute atomic E-state index is 14.7. The van der Waals surface area contributed by atoms with Gasteiger partial charge in [0.05, 0.1) is 6.10 Å². The van der Waals surface area contributed by atoms with Crippen molar-refractivity contribution in [2.24, 2.45) is 5.92 Å². The topological polar surface area (TPSA) is 38.3 Å². The quantitative estimate of drug-likeness (QED) is 0.510. The third-order valence-electron chi connectivity index (χ3n) is 3.73. The molecule has 0 saturated heterocycles. The van der Waals surface area contributed by atoms with Crippen molar-refractivity contribution in [3.05, 3.63) is 34.1 Å². The molecule has 1 aromatic carbocycles. The standard InChI is InChI=1S/C18H25BrFNO2S/c1-11(2)23-16(22)18(12-6-7-12,21-24-17(3,4)5)14-10-13(19)8-9-15(14)20/h8-12,21H,6-7H2,1-5H3. The van der Waals surface area contributed by atoms with Crippen LogP contribution in [0.1, 0.15) is 53.0 Å². The van der Waals surface area contributed by atoms with E-state index in [9.17, 15) is 9.18 Å². The van der Waals surface area contributed by atoms with Gasteiger partial charge in [-0.25, -0.2) is 13.9 Å². The van der Waals surface area contributed by atoms with E-state index < -0.39 is 17.3 Å². The Bertz CT molecular complexity index is 614. The fourth-order valence-electron chi connectivity index (χ4n) is 2.53. The lowest BCUT2D eigenvalue weighted by molar-refractivity contribution is -0.156. The summed E-state index contributed by atoms with van der Waals surface area (Å²) >= 11 is 4.84. The molecule has 1 atom stereocenters. The molecule has 0 spiro atoms. The smallest absolute Gasteiger partial charge is 0.332 e. The number of rotatable bonds is 6. The highest BCUT2D eigenvalue weighted by Crippen LogP contribution is 2.49. The number of carbonyl (C=O) groups excluding carboxylic acids is 1. The van der Waals surface area contributed by atoms with Crippen LogP contribution in [0.15, 0.2) is 22.7 Å². The summed E-state index contributed by atoms with van der Waals surface area (Å²) in [6.07, 6.45) is 1.49. The van der Waals surface area contributed by atoms with Crippen LogP contribution in [0.25, 0.3) is 0 Å². The van der Waals surface area contributed by atoms with Crippen molar-refractivity contribution in [1.82, 2.24) is 4.72 Å². The van der Waals surface area contributed by atoms with Crippen LogP contribution in [0.4, 0.5) is 4.39 Å². The van der Waals surface area contributed by atoms with Crippen LogP contribution in [0.5, 0.6) is 0 Å². The molecule has 0 amide bonds. The summed E-state index contributed by atoms with van der Waals surface area (Å²) in [5.41, 5.74) is -0.822. The normalized spacial score (nSPS) is 17.7. The van der Waals surface area contributed by atoms with Crippen LogP contribution in [0.2, 0.25) is 0 Å². The zero-order valence-electron chi connectivity index (χ0n) is 14.8. The lowest BCUT2D eigenvalue weighted by Gasteiger charge is -2.36. The van der Waals surface area contributed by atoms with Gasteiger partial charge in [-0.3, -0.25) is 0 Å². The van der Waals surface area contributed by atoms with Crippen LogP contribution in [-0.4, -0.2) is 16.8 Å². The van der Waals surface area contributed by atoms with Crippen LogP contribution < -0.4 is 4.72 Å². The lowest BCUT2D eigenvalue weighted by atomic mass is 9.85. The number of benzene rings is 1. The summed E-state index contributed by atoms with van der Waals surface area (Å²) in [5.74, 6) is -0.774. The zero-order valence-corrected chi connectivity index (χ0v) is 17.2. The van der Waals surface area contributed by atoms with Crippen molar-refractivity contribution < 1.29 is 13.9 Å². The van der Waals surface area contributed by atoms with E-state index in [4.69, 9.17) is 4.74 Å². The van der Waals surface area contributed by atoms with Crippen molar-refractivity contribution >= 4 is 33.8 Å². The number of nitrogens with one attached hydrogen (secondary N) is 1. The van der Waals surface area contributed by atoms with Crippen LogP contribution in [0.3, 0.4) is 0 Å². The average molecular weight is 418 g/mol. The summed E-state index contributed by atoms with van der Waals surface area (Å²) in [5, 5.41) is 0. The monoisotopic (exact) mass is 417 g/mol. The van der Waals surface area contributed by atoms with Gasteiger partial charge in [-0.15, -0.1) is 0 Å². The third-order valence-corrected chi connectivity index (χ3v) is 5.26.